The van der Waals surface area contributed by atoms with Gasteiger partial charge in [-0.3, -0.25) is 4.57 Å². The van der Waals surface area contributed by atoms with E-state index in [1.807, 2.05) is 32.3 Å². The number of ether oxygens (including phenoxy) is 1. The van der Waals surface area contributed by atoms with E-state index in [0.29, 0.717) is 5.92 Å². The lowest BCUT2D eigenvalue weighted by Gasteiger charge is -2.10. The van der Waals surface area contributed by atoms with Gasteiger partial charge in [0.25, 0.3) is 0 Å². The molecule has 0 spiro atoms. The van der Waals surface area contributed by atoms with E-state index < -0.39 is 0 Å². The van der Waals surface area contributed by atoms with Gasteiger partial charge in [-0.2, -0.15) is 0 Å². The molecule has 3 aromatic carbocycles. The summed E-state index contributed by atoms with van der Waals surface area (Å²) in [6.07, 6.45) is 6.34. The second kappa shape index (κ2) is 8.58. The van der Waals surface area contributed by atoms with Crippen molar-refractivity contribution in [1.82, 2.24) is 9.55 Å². The van der Waals surface area contributed by atoms with Crippen LogP contribution in [0.3, 0.4) is 0 Å². The summed E-state index contributed by atoms with van der Waals surface area (Å²) < 4.78 is 7.84. The summed E-state index contributed by atoms with van der Waals surface area (Å²) in [6, 6.07) is 23.3. The fourth-order valence-electron chi connectivity index (χ4n) is 3.48. The van der Waals surface area contributed by atoms with Crippen LogP contribution in [0.2, 0.25) is 0 Å². The standard InChI is InChI=1S/C27H28N2O/c1-19(2)23-10-7-21(8-11-23)5-6-22-9-16-27-26(17-22)28-18-29(27)24-12-14-25(15-13-24)30-20(3)4/h5-20H,1-4H3. The van der Waals surface area contributed by atoms with E-state index in [1.54, 1.807) is 0 Å². The van der Waals surface area contributed by atoms with Gasteiger partial charge in [0, 0.05) is 5.69 Å². The van der Waals surface area contributed by atoms with Crippen molar-refractivity contribution in [3.63, 3.8) is 0 Å². The largest absolute Gasteiger partial charge is 0.491 e. The topological polar surface area (TPSA) is 27.1 Å². The molecule has 0 saturated heterocycles. The third-order valence-electron chi connectivity index (χ3n) is 5.13. The van der Waals surface area contributed by atoms with Crippen LogP contribution in [-0.2, 0) is 0 Å². The maximum atomic E-state index is 5.74. The Kier molecular flexibility index (Phi) is 5.71. The first kappa shape index (κ1) is 20.0. The van der Waals surface area contributed by atoms with Crippen molar-refractivity contribution in [2.75, 3.05) is 0 Å². The minimum Gasteiger partial charge on any atom is -0.491 e. The number of nitrogens with zero attached hydrogens (tertiary/aromatic N) is 2. The lowest BCUT2D eigenvalue weighted by molar-refractivity contribution is 0.242. The Morgan fingerprint density at radius 1 is 0.800 bits per heavy atom. The quantitative estimate of drug-likeness (QED) is 0.325. The van der Waals surface area contributed by atoms with Gasteiger partial charge in [0.2, 0.25) is 0 Å². The summed E-state index contributed by atoms with van der Waals surface area (Å²) in [5.41, 5.74) is 6.85. The van der Waals surface area contributed by atoms with Crippen molar-refractivity contribution in [3.8, 4) is 11.4 Å². The van der Waals surface area contributed by atoms with Crippen molar-refractivity contribution in [1.29, 1.82) is 0 Å². The van der Waals surface area contributed by atoms with Gasteiger partial charge in [-0.25, -0.2) is 4.98 Å². The Balaban J connectivity index is 1.54. The summed E-state index contributed by atoms with van der Waals surface area (Å²) in [7, 11) is 0. The maximum absolute atomic E-state index is 5.74. The average Bonchev–Trinajstić information content (AvgIpc) is 3.16. The van der Waals surface area contributed by atoms with E-state index in [1.165, 1.54) is 11.1 Å². The van der Waals surface area contributed by atoms with E-state index in [2.05, 4.69) is 90.1 Å². The van der Waals surface area contributed by atoms with Crippen LogP contribution in [0.5, 0.6) is 5.75 Å². The van der Waals surface area contributed by atoms with Gasteiger partial charge >= 0.3 is 0 Å². The van der Waals surface area contributed by atoms with Crippen LogP contribution in [-0.4, -0.2) is 15.7 Å². The normalized spacial score (nSPS) is 11.8. The summed E-state index contributed by atoms with van der Waals surface area (Å²) in [6.45, 7) is 8.49. The van der Waals surface area contributed by atoms with Gasteiger partial charge in [-0.15, -0.1) is 0 Å². The van der Waals surface area contributed by atoms with Crippen molar-refractivity contribution in [2.45, 2.75) is 39.7 Å². The van der Waals surface area contributed by atoms with Gasteiger partial charge in [-0.05, 0) is 72.9 Å². The molecule has 0 atom stereocenters. The highest BCUT2D eigenvalue weighted by molar-refractivity contribution is 5.82. The van der Waals surface area contributed by atoms with Crippen molar-refractivity contribution < 1.29 is 4.74 Å². The van der Waals surface area contributed by atoms with Gasteiger partial charge in [0.05, 0.1) is 17.1 Å². The smallest absolute Gasteiger partial charge is 0.119 e. The van der Waals surface area contributed by atoms with E-state index in [4.69, 9.17) is 4.74 Å². The second-order valence-electron chi connectivity index (χ2n) is 8.18. The fourth-order valence-corrected chi connectivity index (χ4v) is 3.48. The summed E-state index contributed by atoms with van der Waals surface area (Å²) >= 11 is 0. The number of benzene rings is 3. The zero-order valence-electron chi connectivity index (χ0n) is 18.0. The van der Waals surface area contributed by atoms with Gasteiger partial charge in [0.15, 0.2) is 0 Å². The highest BCUT2D eigenvalue weighted by Crippen LogP contribution is 2.23. The molecule has 4 rings (SSSR count). The molecule has 0 unspecified atom stereocenters. The Bertz CT molecular complexity index is 1150. The molecule has 0 fully saturated rings. The molecule has 0 N–H and O–H groups in total. The van der Waals surface area contributed by atoms with E-state index >= 15 is 0 Å². The number of imidazole rings is 1. The average molecular weight is 397 g/mol. The minimum atomic E-state index is 0.171. The zero-order chi connectivity index (χ0) is 21.1. The number of rotatable bonds is 6. The van der Waals surface area contributed by atoms with Gasteiger partial charge in [-0.1, -0.05) is 56.3 Å². The molecule has 0 amide bonds. The van der Waals surface area contributed by atoms with Crippen molar-refractivity contribution >= 4 is 23.2 Å². The lowest BCUT2D eigenvalue weighted by atomic mass is 10.0. The Hall–Kier alpha value is -3.33. The molecular formula is C27H28N2O. The van der Waals surface area contributed by atoms with Crippen LogP contribution >= 0.6 is 0 Å². The van der Waals surface area contributed by atoms with E-state index in [0.717, 1.165) is 28.0 Å². The summed E-state index contributed by atoms with van der Waals surface area (Å²) in [5.74, 6) is 1.44. The molecule has 4 aromatic rings. The predicted octanol–water partition coefficient (Wildman–Crippen LogP) is 7.11. The van der Waals surface area contributed by atoms with E-state index in [9.17, 15) is 0 Å². The van der Waals surface area contributed by atoms with Crippen molar-refractivity contribution in [2.24, 2.45) is 0 Å². The highest BCUT2D eigenvalue weighted by Gasteiger charge is 2.06. The highest BCUT2D eigenvalue weighted by atomic mass is 16.5. The molecule has 0 aliphatic rings. The maximum Gasteiger partial charge on any atom is 0.119 e. The molecular weight excluding hydrogens is 368 g/mol. The molecule has 0 aliphatic heterocycles. The van der Waals surface area contributed by atoms with E-state index in [-0.39, 0.29) is 6.10 Å². The van der Waals surface area contributed by atoms with Crippen LogP contribution in [0.4, 0.5) is 0 Å². The summed E-state index contributed by atoms with van der Waals surface area (Å²) in [5, 5.41) is 0. The molecule has 1 heterocycles. The second-order valence-corrected chi connectivity index (χ2v) is 8.18. The summed E-state index contributed by atoms with van der Waals surface area (Å²) in [4.78, 5) is 4.61. The van der Waals surface area contributed by atoms with Gasteiger partial charge in [0.1, 0.15) is 12.1 Å². The first-order chi connectivity index (χ1) is 14.5. The van der Waals surface area contributed by atoms with Crippen LogP contribution in [0.25, 0.3) is 28.9 Å². The number of fused-ring (bicyclic) bond motifs is 1. The first-order valence-electron chi connectivity index (χ1n) is 10.5. The monoisotopic (exact) mass is 396 g/mol. The fraction of sp³-hybridized carbons (Fsp3) is 0.222. The molecule has 30 heavy (non-hydrogen) atoms. The van der Waals surface area contributed by atoms with Crippen LogP contribution in [0, 0.1) is 0 Å². The third kappa shape index (κ3) is 4.46. The van der Waals surface area contributed by atoms with Gasteiger partial charge < -0.3 is 4.74 Å². The minimum absolute atomic E-state index is 0.171. The van der Waals surface area contributed by atoms with Crippen LogP contribution < -0.4 is 4.74 Å². The van der Waals surface area contributed by atoms with Crippen LogP contribution in [0.1, 0.15) is 50.3 Å². The SMILES string of the molecule is CC(C)Oc1ccc(-n2cnc3cc(C=Cc4ccc(C(C)C)cc4)ccc32)cc1. The zero-order valence-corrected chi connectivity index (χ0v) is 18.0. The number of hydrogen-bond donors (Lipinski definition) is 0. The van der Waals surface area contributed by atoms with Crippen molar-refractivity contribution in [3.05, 3.63) is 89.7 Å². The Morgan fingerprint density at radius 3 is 2.13 bits per heavy atom. The molecule has 3 nitrogen and oxygen atoms in total. The first-order valence-corrected chi connectivity index (χ1v) is 10.5. The molecule has 3 heteroatoms. The lowest BCUT2D eigenvalue weighted by Crippen LogP contribution is -2.05. The predicted molar refractivity (Wildman–Crippen MR) is 126 cm³/mol. The molecule has 0 bridgehead atoms. The van der Waals surface area contributed by atoms with Crippen LogP contribution in [0.15, 0.2) is 73.1 Å². The molecule has 0 saturated carbocycles. The molecule has 1 aromatic heterocycles. The molecule has 0 radical (unpaired) electrons. The Labute approximate surface area is 178 Å². The number of aromatic nitrogens is 2. The molecule has 152 valence electrons. The number of hydrogen-bond acceptors (Lipinski definition) is 2. The third-order valence-corrected chi connectivity index (χ3v) is 5.13. The Morgan fingerprint density at radius 2 is 1.47 bits per heavy atom. The molecule has 0 aliphatic carbocycles.